The Bertz CT molecular complexity index is 529. The lowest BCUT2D eigenvalue weighted by molar-refractivity contribution is 0.0521. The van der Waals surface area contributed by atoms with E-state index in [0.717, 1.165) is 19.3 Å². The lowest BCUT2D eigenvalue weighted by Gasteiger charge is -2.26. The largest absolute Gasteiger partial charge is 0.444 e. The number of benzene rings is 1. The van der Waals surface area contributed by atoms with Crippen molar-refractivity contribution >= 4 is 6.09 Å². The molecule has 1 aromatic rings. The molecule has 0 spiro atoms. The minimum atomic E-state index is -0.469. The molecule has 0 aliphatic heterocycles. The van der Waals surface area contributed by atoms with Crippen molar-refractivity contribution in [3.63, 3.8) is 0 Å². The zero-order valence-corrected chi connectivity index (χ0v) is 17.0. The Morgan fingerprint density at radius 3 is 2.28 bits per heavy atom. The van der Waals surface area contributed by atoms with Gasteiger partial charge in [-0.25, -0.2) is 4.79 Å². The van der Waals surface area contributed by atoms with E-state index in [4.69, 9.17) is 4.74 Å². The van der Waals surface area contributed by atoms with Crippen LogP contribution < -0.4 is 10.6 Å². The molecule has 0 aromatic heterocycles. The van der Waals surface area contributed by atoms with Gasteiger partial charge in [-0.3, -0.25) is 0 Å². The third kappa shape index (κ3) is 8.92. The highest BCUT2D eigenvalue weighted by Crippen LogP contribution is 2.18. The second kappa shape index (κ2) is 9.81. The molecule has 0 bridgehead atoms. The Morgan fingerprint density at radius 2 is 1.76 bits per heavy atom. The average Bonchev–Trinajstić information content (AvgIpc) is 2.47. The predicted molar refractivity (Wildman–Crippen MR) is 105 cm³/mol. The molecule has 0 heterocycles. The van der Waals surface area contributed by atoms with Crippen LogP contribution in [0.1, 0.15) is 76.6 Å². The number of ether oxygens (including phenoxy) is 1. The van der Waals surface area contributed by atoms with Gasteiger partial charge >= 0.3 is 6.09 Å². The summed E-state index contributed by atoms with van der Waals surface area (Å²) in [4.78, 5) is 11.9. The molecular formula is C21H36N2O2. The first kappa shape index (κ1) is 21.5. The summed E-state index contributed by atoms with van der Waals surface area (Å²) in [6.45, 7) is 14.8. The monoisotopic (exact) mass is 348 g/mol. The van der Waals surface area contributed by atoms with Crippen molar-refractivity contribution in [1.82, 2.24) is 10.6 Å². The highest BCUT2D eigenvalue weighted by molar-refractivity contribution is 5.67. The SMILES string of the molecule is CCCCC(CNC(=O)OC(C)(C)C)NC(C)c1cc(C)cc(C)c1. The maximum absolute atomic E-state index is 11.9. The number of rotatable bonds is 8. The molecule has 4 heteroatoms. The van der Waals surface area contributed by atoms with Crippen molar-refractivity contribution in [2.75, 3.05) is 6.54 Å². The van der Waals surface area contributed by atoms with Crippen LogP contribution in [0.25, 0.3) is 0 Å². The number of carbonyl (C=O) groups excluding carboxylic acids is 1. The van der Waals surface area contributed by atoms with Crippen molar-refractivity contribution < 1.29 is 9.53 Å². The number of alkyl carbamates (subject to hydrolysis) is 1. The van der Waals surface area contributed by atoms with Crippen LogP contribution in [0.5, 0.6) is 0 Å². The van der Waals surface area contributed by atoms with Crippen molar-refractivity contribution in [3.05, 3.63) is 34.9 Å². The number of hydrogen-bond acceptors (Lipinski definition) is 3. The van der Waals surface area contributed by atoms with Gasteiger partial charge in [0.1, 0.15) is 5.60 Å². The minimum Gasteiger partial charge on any atom is -0.444 e. The molecule has 2 N–H and O–H groups in total. The summed E-state index contributed by atoms with van der Waals surface area (Å²) < 4.78 is 5.34. The lowest BCUT2D eigenvalue weighted by atomic mass is 10.0. The van der Waals surface area contributed by atoms with Gasteiger partial charge in [-0.1, -0.05) is 49.1 Å². The molecule has 1 rings (SSSR count). The standard InChI is InChI=1S/C21H36N2O2/c1-8-9-10-19(14-22-20(24)25-21(5,6)7)23-17(4)18-12-15(2)11-16(3)13-18/h11-13,17,19,23H,8-10,14H2,1-7H3,(H,22,24). The summed E-state index contributed by atoms with van der Waals surface area (Å²) in [6, 6.07) is 7.10. The molecule has 0 aliphatic rings. The summed E-state index contributed by atoms with van der Waals surface area (Å²) in [5.74, 6) is 0. The molecule has 142 valence electrons. The Hall–Kier alpha value is -1.55. The van der Waals surface area contributed by atoms with Crippen LogP contribution >= 0.6 is 0 Å². The fourth-order valence-corrected chi connectivity index (χ4v) is 2.93. The van der Waals surface area contributed by atoms with Crippen molar-refractivity contribution in [1.29, 1.82) is 0 Å². The zero-order chi connectivity index (χ0) is 19.0. The summed E-state index contributed by atoms with van der Waals surface area (Å²) >= 11 is 0. The number of hydrogen-bond donors (Lipinski definition) is 2. The van der Waals surface area contributed by atoms with E-state index in [1.165, 1.54) is 16.7 Å². The summed E-state index contributed by atoms with van der Waals surface area (Å²) in [5, 5.41) is 6.57. The Kier molecular flexibility index (Phi) is 8.43. The second-order valence-corrected chi connectivity index (χ2v) is 8.03. The first-order valence-corrected chi connectivity index (χ1v) is 9.41. The van der Waals surface area contributed by atoms with Crippen molar-refractivity contribution in [3.8, 4) is 0 Å². The third-order valence-corrected chi connectivity index (χ3v) is 4.03. The number of aryl methyl sites for hydroxylation is 2. The van der Waals surface area contributed by atoms with Gasteiger partial charge in [0.25, 0.3) is 0 Å². The maximum atomic E-state index is 11.9. The van der Waals surface area contributed by atoms with Gasteiger partial charge in [-0.2, -0.15) is 0 Å². The zero-order valence-electron chi connectivity index (χ0n) is 17.0. The topological polar surface area (TPSA) is 50.4 Å². The molecule has 2 atom stereocenters. The Balaban J connectivity index is 2.66. The number of amides is 1. The first-order valence-electron chi connectivity index (χ1n) is 9.41. The van der Waals surface area contributed by atoms with E-state index in [0.29, 0.717) is 6.54 Å². The normalized spacial score (nSPS) is 14.0. The highest BCUT2D eigenvalue weighted by atomic mass is 16.6. The molecule has 1 amide bonds. The van der Waals surface area contributed by atoms with E-state index in [-0.39, 0.29) is 18.2 Å². The molecule has 0 saturated carbocycles. The molecule has 2 unspecified atom stereocenters. The van der Waals surface area contributed by atoms with Crippen LogP contribution in [0.2, 0.25) is 0 Å². The van der Waals surface area contributed by atoms with Crippen LogP contribution in [0, 0.1) is 13.8 Å². The van der Waals surface area contributed by atoms with E-state index in [1.54, 1.807) is 0 Å². The maximum Gasteiger partial charge on any atom is 0.407 e. The Labute approximate surface area is 153 Å². The number of unbranched alkanes of at least 4 members (excludes halogenated alkanes) is 1. The van der Waals surface area contributed by atoms with Gasteiger partial charge in [-0.15, -0.1) is 0 Å². The van der Waals surface area contributed by atoms with Gasteiger partial charge in [0.05, 0.1) is 0 Å². The van der Waals surface area contributed by atoms with E-state index in [9.17, 15) is 4.79 Å². The molecular weight excluding hydrogens is 312 g/mol. The Morgan fingerprint density at radius 1 is 1.16 bits per heavy atom. The van der Waals surface area contributed by atoms with Gasteiger partial charge < -0.3 is 15.4 Å². The quantitative estimate of drug-likeness (QED) is 0.692. The van der Waals surface area contributed by atoms with Crippen molar-refractivity contribution in [2.45, 2.75) is 85.4 Å². The second-order valence-electron chi connectivity index (χ2n) is 8.03. The average molecular weight is 349 g/mol. The van der Waals surface area contributed by atoms with Gasteiger partial charge in [-0.05, 0) is 53.5 Å². The molecule has 0 fully saturated rings. The van der Waals surface area contributed by atoms with Gasteiger partial charge in [0.2, 0.25) is 0 Å². The van der Waals surface area contributed by atoms with Crippen LogP contribution in [-0.2, 0) is 4.74 Å². The number of nitrogens with one attached hydrogen (secondary N) is 2. The van der Waals surface area contributed by atoms with Crippen LogP contribution in [-0.4, -0.2) is 24.3 Å². The van der Waals surface area contributed by atoms with Gasteiger partial charge in [0, 0.05) is 18.6 Å². The lowest BCUT2D eigenvalue weighted by Crippen LogP contribution is -2.43. The summed E-state index contributed by atoms with van der Waals surface area (Å²) in [5.41, 5.74) is 3.38. The molecule has 4 nitrogen and oxygen atoms in total. The highest BCUT2D eigenvalue weighted by Gasteiger charge is 2.18. The molecule has 0 saturated heterocycles. The smallest absolute Gasteiger partial charge is 0.407 e. The fraction of sp³-hybridized carbons (Fsp3) is 0.667. The fourth-order valence-electron chi connectivity index (χ4n) is 2.93. The minimum absolute atomic E-state index is 0.225. The van der Waals surface area contributed by atoms with Crippen LogP contribution in [0.4, 0.5) is 4.79 Å². The van der Waals surface area contributed by atoms with Gasteiger partial charge in [0.15, 0.2) is 0 Å². The van der Waals surface area contributed by atoms with E-state index >= 15 is 0 Å². The summed E-state index contributed by atoms with van der Waals surface area (Å²) in [7, 11) is 0. The predicted octanol–water partition coefficient (Wildman–Crippen LogP) is 5.04. The molecule has 25 heavy (non-hydrogen) atoms. The third-order valence-electron chi connectivity index (χ3n) is 4.03. The van der Waals surface area contributed by atoms with Crippen LogP contribution in [0.3, 0.4) is 0 Å². The number of carbonyl (C=O) groups is 1. The first-order chi connectivity index (χ1) is 11.6. The van der Waals surface area contributed by atoms with E-state index in [1.807, 2.05) is 20.8 Å². The molecule has 1 aromatic carbocycles. The molecule has 0 aliphatic carbocycles. The molecule has 0 radical (unpaired) electrons. The van der Waals surface area contributed by atoms with Crippen molar-refractivity contribution in [2.24, 2.45) is 0 Å². The van der Waals surface area contributed by atoms with E-state index in [2.05, 4.69) is 56.5 Å². The summed E-state index contributed by atoms with van der Waals surface area (Å²) in [6.07, 6.45) is 2.95. The van der Waals surface area contributed by atoms with Crippen LogP contribution in [0.15, 0.2) is 18.2 Å². The van der Waals surface area contributed by atoms with E-state index < -0.39 is 5.60 Å².